The van der Waals surface area contributed by atoms with E-state index in [0.717, 1.165) is 19.3 Å². The maximum atomic E-state index is 14.4. The van der Waals surface area contributed by atoms with Crippen molar-refractivity contribution in [3.63, 3.8) is 0 Å². The quantitative estimate of drug-likeness (QED) is 0.234. The summed E-state index contributed by atoms with van der Waals surface area (Å²) in [4.78, 5) is 68.1. The van der Waals surface area contributed by atoms with E-state index in [9.17, 15) is 32.4 Å². The molecule has 1 unspecified atom stereocenters. The van der Waals surface area contributed by atoms with Gasteiger partial charge in [0.05, 0.1) is 6.04 Å². The van der Waals surface area contributed by atoms with Gasteiger partial charge in [-0.2, -0.15) is 17.0 Å². The Hall–Kier alpha value is -2.78. The van der Waals surface area contributed by atoms with E-state index in [1.54, 1.807) is 0 Å². The highest BCUT2D eigenvalue weighted by atomic mass is 32.2. The van der Waals surface area contributed by atoms with Crippen LogP contribution in [-0.4, -0.2) is 109 Å². The smallest absolute Gasteiger partial charge is 0.315 e. The van der Waals surface area contributed by atoms with Crippen molar-refractivity contribution in [3.8, 4) is 0 Å². The number of primary amides is 1. The van der Waals surface area contributed by atoms with Crippen LogP contribution in [-0.2, 0) is 29.4 Å². The normalized spacial score (nSPS) is 27.5. The molecule has 0 aromatic rings. The number of amides is 5. The van der Waals surface area contributed by atoms with E-state index in [-0.39, 0.29) is 29.7 Å². The molecule has 272 valence electrons. The van der Waals surface area contributed by atoms with Crippen LogP contribution in [0.5, 0.6) is 0 Å². The summed E-state index contributed by atoms with van der Waals surface area (Å²) in [6.45, 7) is 16.4. The molecule has 0 spiro atoms. The third kappa shape index (κ3) is 7.83. The minimum Gasteiger partial charge on any atom is -0.363 e. The minimum absolute atomic E-state index is 0.0541. The first-order valence-electron chi connectivity index (χ1n) is 17.2. The van der Waals surface area contributed by atoms with Crippen molar-refractivity contribution in [1.82, 2.24) is 29.5 Å². The highest BCUT2D eigenvalue weighted by molar-refractivity contribution is 7.86. The first-order valence-corrected chi connectivity index (χ1v) is 18.6. The Morgan fingerprint density at radius 3 is 2.06 bits per heavy atom. The van der Waals surface area contributed by atoms with Crippen LogP contribution in [0.2, 0.25) is 0 Å². The third-order valence-electron chi connectivity index (χ3n) is 11.2. The SMILES string of the molecule is CN1CCCN(C[C@@H](NC(=O)N[C@H](C(=O)N2C[C@H]3[C@@H]([C@H]2C(=O)NC(CC2CCC2)C(=O)C(N)=O)C3(C)C)C(C)(C)C)C(C)(C)C)S1(=O)=O. The first kappa shape index (κ1) is 38.0. The predicted octanol–water partition coefficient (Wildman–Crippen LogP) is 1.21. The van der Waals surface area contributed by atoms with E-state index < -0.39 is 74.7 Å². The van der Waals surface area contributed by atoms with E-state index in [1.807, 2.05) is 55.4 Å². The summed E-state index contributed by atoms with van der Waals surface area (Å²) in [6.07, 6.45) is 3.83. The number of nitrogens with two attached hydrogens (primary N) is 1. The lowest BCUT2D eigenvalue weighted by atomic mass is 9.80. The van der Waals surface area contributed by atoms with E-state index >= 15 is 0 Å². The number of Topliss-reactive ketones (excluding diaryl/α,β-unsaturated/α-hetero) is 1. The van der Waals surface area contributed by atoms with Gasteiger partial charge < -0.3 is 26.6 Å². The van der Waals surface area contributed by atoms with Crippen LogP contribution in [0.25, 0.3) is 0 Å². The van der Waals surface area contributed by atoms with Gasteiger partial charge in [-0.25, -0.2) is 4.79 Å². The zero-order valence-electron chi connectivity index (χ0n) is 30.1. The second kappa shape index (κ2) is 13.5. The zero-order valence-corrected chi connectivity index (χ0v) is 30.9. The largest absolute Gasteiger partial charge is 0.363 e. The number of carbonyl (C=O) groups excluding carboxylic acids is 5. The maximum Gasteiger partial charge on any atom is 0.315 e. The Kier molecular flexibility index (Phi) is 10.7. The molecule has 2 heterocycles. The highest BCUT2D eigenvalue weighted by Crippen LogP contribution is 2.65. The fourth-order valence-corrected chi connectivity index (χ4v) is 8.95. The molecule has 0 aromatic heterocycles. The molecular formula is C33H57N7O7S. The average molecular weight is 696 g/mol. The lowest BCUT2D eigenvalue weighted by molar-refractivity contribution is -0.145. The second-order valence-corrected chi connectivity index (χ2v) is 19.1. The van der Waals surface area contributed by atoms with Crippen LogP contribution in [0.3, 0.4) is 0 Å². The Labute approximate surface area is 285 Å². The monoisotopic (exact) mass is 695 g/mol. The molecule has 6 atom stereocenters. The summed E-state index contributed by atoms with van der Waals surface area (Å²) in [7, 11) is -2.13. The maximum absolute atomic E-state index is 14.4. The van der Waals surface area contributed by atoms with Crippen LogP contribution >= 0.6 is 0 Å². The van der Waals surface area contributed by atoms with Gasteiger partial charge in [0.1, 0.15) is 12.1 Å². The molecule has 5 N–H and O–H groups in total. The summed E-state index contributed by atoms with van der Waals surface area (Å²) in [5.41, 5.74) is 3.85. The van der Waals surface area contributed by atoms with Crippen LogP contribution in [0.15, 0.2) is 0 Å². The molecule has 4 rings (SSSR count). The van der Waals surface area contributed by atoms with Gasteiger partial charge in [0.25, 0.3) is 16.1 Å². The number of rotatable bonds is 11. The minimum atomic E-state index is -3.66. The van der Waals surface area contributed by atoms with Gasteiger partial charge in [0.15, 0.2) is 0 Å². The van der Waals surface area contributed by atoms with Gasteiger partial charge in [0.2, 0.25) is 17.6 Å². The predicted molar refractivity (Wildman–Crippen MR) is 180 cm³/mol. The van der Waals surface area contributed by atoms with Crippen LogP contribution in [0.1, 0.15) is 87.5 Å². The number of likely N-dealkylation sites (tertiary alicyclic amines) is 1. The summed E-state index contributed by atoms with van der Waals surface area (Å²) >= 11 is 0. The van der Waals surface area contributed by atoms with Gasteiger partial charge in [-0.15, -0.1) is 0 Å². The lowest BCUT2D eigenvalue weighted by Crippen LogP contribution is -2.63. The third-order valence-corrected chi connectivity index (χ3v) is 13.1. The Bertz CT molecular complexity index is 1400. The molecule has 2 aliphatic carbocycles. The Morgan fingerprint density at radius 1 is 0.917 bits per heavy atom. The Morgan fingerprint density at radius 2 is 1.54 bits per heavy atom. The topological polar surface area (TPSA) is 191 Å². The molecule has 5 amide bonds. The summed E-state index contributed by atoms with van der Waals surface area (Å²) in [5, 5.41) is 8.59. The molecule has 0 aromatic carbocycles. The second-order valence-electron chi connectivity index (χ2n) is 17.1. The fourth-order valence-electron chi connectivity index (χ4n) is 7.50. The van der Waals surface area contributed by atoms with Crippen molar-refractivity contribution in [1.29, 1.82) is 0 Å². The van der Waals surface area contributed by atoms with Crippen molar-refractivity contribution in [2.75, 3.05) is 33.2 Å². The molecule has 2 saturated heterocycles. The van der Waals surface area contributed by atoms with E-state index in [0.29, 0.717) is 32.5 Å². The number of ketones is 1. The molecule has 4 fully saturated rings. The highest BCUT2D eigenvalue weighted by Gasteiger charge is 2.70. The first-order chi connectivity index (χ1) is 22.0. The lowest BCUT2D eigenvalue weighted by Gasteiger charge is -2.40. The fraction of sp³-hybridized carbons (Fsp3) is 0.848. The van der Waals surface area contributed by atoms with E-state index in [2.05, 4.69) is 16.0 Å². The van der Waals surface area contributed by atoms with Crippen molar-refractivity contribution in [3.05, 3.63) is 0 Å². The van der Waals surface area contributed by atoms with Crippen LogP contribution in [0.4, 0.5) is 4.79 Å². The number of nitrogens with zero attached hydrogens (tertiary/aromatic N) is 3. The van der Waals surface area contributed by atoms with Gasteiger partial charge in [0, 0.05) is 39.3 Å². The molecule has 4 aliphatic rings. The van der Waals surface area contributed by atoms with Crippen molar-refractivity contribution >= 4 is 39.7 Å². The van der Waals surface area contributed by atoms with Crippen LogP contribution in [0, 0.1) is 34.0 Å². The van der Waals surface area contributed by atoms with Crippen molar-refractivity contribution in [2.45, 2.75) is 112 Å². The van der Waals surface area contributed by atoms with Gasteiger partial charge in [-0.1, -0.05) is 74.7 Å². The molecule has 15 heteroatoms. The number of urea groups is 1. The average Bonchev–Trinajstić information content (AvgIpc) is 3.25. The number of piperidine rings is 1. The number of hydrogen-bond acceptors (Lipinski definition) is 7. The van der Waals surface area contributed by atoms with Gasteiger partial charge in [-0.3, -0.25) is 19.2 Å². The van der Waals surface area contributed by atoms with Crippen molar-refractivity contribution < 1.29 is 32.4 Å². The number of carbonyl (C=O) groups is 5. The standard InChI is InChI=1S/C33H57N7O7S/c1-31(2,3)22(18-39-15-11-14-38(9)48(39,46)47)36-30(45)37-26(32(4,5)6)29(44)40-17-20-23(33(20,7)8)24(40)28(43)35-21(25(41)27(34)42)16-19-12-10-13-19/h19-24,26H,10-18H2,1-9H3,(H2,34,42)(H,35,43)(H2,36,37,45)/t20-,21?,22+,23-,24-,26+/m0/s1. The zero-order chi connectivity index (χ0) is 36.1. The molecule has 14 nitrogen and oxygen atoms in total. The van der Waals surface area contributed by atoms with Crippen molar-refractivity contribution in [2.24, 2.45) is 39.7 Å². The van der Waals surface area contributed by atoms with Gasteiger partial charge in [-0.05, 0) is 46.8 Å². The molecule has 48 heavy (non-hydrogen) atoms. The number of hydrogen-bond donors (Lipinski definition) is 4. The van der Waals surface area contributed by atoms with E-state index in [4.69, 9.17) is 5.73 Å². The molecule has 0 radical (unpaired) electrons. The van der Waals surface area contributed by atoms with E-state index in [1.165, 1.54) is 20.6 Å². The summed E-state index contributed by atoms with van der Waals surface area (Å²) < 4.78 is 28.6. The summed E-state index contributed by atoms with van der Waals surface area (Å²) in [5.74, 6) is -2.77. The molecule has 0 bridgehead atoms. The molecule has 2 aliphatic heterocycles. The van der Waals surface area contributed by atoms with Crippen LogP contribution < -0.4 is 21.7 Å². The molecular weight excluding hydrogens is 638 g/mol. The number of nitrogens with one attached hydrogen (secondary N) is 3. The Balaban J connectivity index is 1.53. The summed E-state index contributed by atoms with van der Waals surface area (Å²) in [6, 6.07) is -4.18. The number of fused-ring (bicyclic) bond motifs is 1. The molecule has 2 saturated carbocycles. The van der Waals surface area contributed by atoms with Gasteiger partial charge >= 0.3 is 6.03 Å².